The minimum absolute atomic E-state index is 0.118. The molecule has 0 unspecified atom stereocenters. The van der Waals surface area contributed by atoms with Crippen LogP contribution in [0, 0.1) is 0 Å². The fraction of sp³-hybridized carbons (Fsp3) is 0.538. The SMILES string of the molecule is CN1CCC(c2cc(C(F)(F)F)nc3nccn23)CC1. The minimum Gasteiger partial charge on any atom is -0.306 e. The summed E-state index contributed by atoms with van der Waals surface area (Å²) in [5.41, 5.74) is -0.196. The van der Waals surface area contributed by atoms with Crippen molar-refractivity contribution in [3.63, 3.8) is 0 Å². The van der Waals surface area contributed by atoms with E-state index >= 15 is 0 Å². The van der Waals surface area contributed by atoms with Gasteiger partial charge >= 0.3 is 6.18 Å². The highest BCUT2D eigenvalue weighted by molar-refractivity contribution is 5.35. The molecule has 1 aliphatic rings. The van der Waals surface area contributed by atoms with Crippen LogP contribution in [-0.2, 0) is 6.18 Å². The monoisotopic (exact) mass is 284 g/mol. The summed E-state index contributed by atoms with van der Waals surface area (Å²) in [6.45, 7) is 1.79. The molecule has 0 saturated carbocycles. The van der Waals surface area contributed by atoms with Crippen LogP contribution in [0.15, 0.2) is 18.5 Å². The number of nitrogens with zero attached hydrogens (tertiary/aromatic N) is 4. The molecule has 0 amide bonds. The van der Waals surface area contributed by atoms with Crippen LogP contribution in [0.2, 0.25) is 0 Å². The Labute approximate surface area is 114 Å². The quantitative estimate of drug-likeness (QED) is 0.807. The zero-order valence-electron chi connectivity index (χ0n) is 11.1. The lowest BCUT2D eigenvalue weighted by molar-refractivity contribution is -0.141. The number of alkyl halides is 3. The molecular formula is C13H15F3N4. The van der Waals surface area contributed by atoms with E-state index in [1.165, 1.54) is 12.3 Å². The maximum Gasteiger partial charge on any atom is 0.433 e. The Hall–Kier alpha value is -1.63. The van der Waals surface area contributed by atoms with E-state index in [0.29, 0.717) is 5.69 Å². The van der Waals surface area contributed by atoms with E-state index in [4.69, 9.17) is 0 Å². The summed E-state index contributed by atoms with van der Waals surface area (Å²) in [4.78, 5) is 9.69. The highest BCUT2D eigenvalue weighted by Gasteiger charge is 2.34. The molecule has 4 nitrogen and oxygen atoms in total. The van der Waals surface area contributed by atoms with Crippen molar-refractivity contribution in [3.05, 3.63) is 29.8 Å². The number of rotatable bonds is 1. The molecule has 1 aliphatic heterocycles. The van der Waals surface area contributed by atoms with Crippen LogP contribution < -0.4 is 0 Å². The van der Waals surface area contributed by atoms with Gasteiger partial charge in [0.05, 0.1) is 0 Å². The number of imidazole rings is 1. The second-order valence-corrected chi connectivity index (χ2v) is 5.24. The van der Waals surface area contributed by atoms with Gasteiger partial charge < -0.3 is 4.90 Å². The lowest BCUT2D eigenvalue weighted by atomic mass is 9.93. The molecule has 3 heterocycles. The summed E-state index contributed by atoms with van der Waals surface area (Å²) in [5, 5.41) is 0. The van der Waals surface area contributed by atoms with Crippen LogP contribution in [0.5, 0.6) is 0 Å². The molecule has 2 aromatic rings. The number of aromatic nitrogens is 3. The van der Waals surface area contributed by atoms with E-state index in [1.54, 1.807) is 10.6 Å². The predicted octanol–water partition coefficient (Wildman–Crippen LogP) is 2.56. The van der Waals surface area contributed by atoms with Crippen molar-refractivity contribution in [3.8, 4) is 0 Å². The molecule has 108 valence electrons. The molecule has 0 bridgehead atoms. The molecule has 0 aromatic carbocycles. The summed E-state index contributed by atoms with van der Waals surface area (Å²) >= 11 is 0. The standard InChI is InChI=1S/C13H15F3N4/c1-19-5-2-9(3-6-19)10-8-11(13(14,15)16)18-12-17-4-7-20(10)12/h4,7-9H,2-3,5-6H2,1H3. The minimum atomic E-state index is -4.44. The van der Waals surface area contributed by atoms with E-state index in [2.05, 4.69) is 14.9 Å². The highest BCUT2D eigenvalue weighted by Crippen LogP contribution is 2.33. The normalized spacial score (nSPS) is 18.8. The Balaban J connectivity index is 2.06. The molecule has 0 atom stereocenters. The van der Waals surface area contributed by atoms with Gasteiger partial charge in [-0.3, -0.25) is 4.40 Å². The second-order valence-electron chi connectivity index (χ2n) is 5.24. The van der Waals surface area contributed by atoms with E-state index in [0.717, 1.165) is 25.9 Å². The largest absolute Gasteiger partial charge is 0.433 e. The first kappa shape index (κ1) is 13.4. The Morgan fingerprint density at radius 3 is 2.60 bits per heavy atom. The maximum atomic E-state index is 12.9. The zero-order valence-corrected chi connectivity index (χ0v) is 11.1. The number of piperidine rings is 1. The van der Waals surface area contributed by atoms with E-state index < -0.39 is 11.9 Å². The smallest absolute Gasteiger partial charge is 0.306 e. The number of halogens is 3. The van der Waals surface area contributed by atoms with Crippen molar-refractivity contribution in [2.45, 2.75) is 24.9 Å². The molecule has 20 heavy (non-hydrogen) atoms. The van der Waals surface area contributed by atoms with Crippen LogP contribution in [0.25, 0.3) is 5.78 Å². The van der Waals surface area contributed by atoms with Gasteiger partial charge in [-0.2, -0.15) is 13.2 Å². The molecule has 0 radical (unpaired) electrons. The summed E-state index contributed by atoms with van der Waals surface area (Å²) in [5.74, 6) is 0.237. The lowest BCUT2D eigenvalue weighted by Gasteiger charge is -2.29. The summed E-state index contributed by atoms with van der Waals surface area (Å²) in [6, 6.07) is 1.17. The van der Waals surface area contributed by atoms with Gasteiger partial charge in [-0.05, 0) is 39.0 Å². The zero-order chi connectivity index (χ0) is 14.3. The van der Waals surface area contributed by atoms with E-state index in [1.807, 2.05) is 7.05 Å². The first-order chi connectivity index (χ1) is 9.45. The van der Waals surface area contributed by atoms with Crippen LogP contribution in [-0.4, -0.2) is 39.4 Å². The van der Waals surface area contributed by atoms with Crippen LogP contribution in [0.3, 0.4) is 0 Å². The van der Waals surface area contributed by atoms with Crippen molar-refractivity contribution >= 4 is 5.78 Å². The molecule has 2 aromatic heterocycles. The van der Waals surface area contributed by atoms with Crippen molar-refractivity contribution in [1.82, 2.24) is 19.3 Å². The lowest BCUT2D eigenvalue weighted by Crippen LogP contribution is -2.30. The van der Waals surface area contributed by atoms with Gasteiger partial charge in [-0.1, -0.05) is 0 Å². The van der Waals surface area contributed by atoms with E-state index in [9.17, 15) is 13.2 Å². The predicted molar refractivity (Wildman–Crippen MR) is 67.5 cm³/mol. The Kier molecular flexibility index (Phi) is 3.16. The van der Waals surface area contributed by atoms with Crippen LogP contribution in [0.4, 0.5) is 13.2 Å². The van der Waals surface area contributed by atoms with E-state index in [-0.39, 0.29) is 11.7 Å². The number of hydrogen-bond donors (Lipinski definition) is 0. The molecular weight excluding hydrogens is 269 g/mol. The summed E-state index contributed by atoms with van der Waals surface area (Å²) in [6.07, 6.45) is 0.432. The van der Waals surface area contributed by atoms with Gasteiger partial charge in [-0.15, -0.1) is 0 Å². The Morgan fingerprint density at radius 2 is 1.95 bits per heavy atom. The first-order valence-electron chi connectivity index (χ1n) is 6.55. The second kappa shape index (κ2) is 4.73. The summed E-state index contributed by atoms with van der Waals surface area (Å²) < 4.78 is 40.4. The van der Waals surface area contributed by atoms with Crippen LogP contribution >= 0.6 is 0 Å². The van der Waals surface area contributed by atoms with Crippen molar-refractivity contribution in [2.24, 2.45) is 0 Å². The maximum absolute atomic E-state index is 12.9. The molecule has 3 rings (SSSR count). The molecule has 0 spiro atoms. The third-order valence-electron chi connectivity index (χ3n) is 3.83. The molecule has 7 heteroatoms. The third kappa shape index (κ3) is 2.37. The molecule has 0 N–H and O–H groups in total. The number of likely N-dealkylation sites (tertiary alicyclic amines) is 1. The van der Waals surface area contributed by atoms with Crippen molar-refractivity contribution in [2.75, 3.05) is 20.1 Å². The van der Waals surface area contributed by atoms with Gasteiger partial charge in [0.15, 0.2) is 0 Å². The molecule has 1 fully saturated rings. The van der Waals surface area contributed by atoms with Gasteiger partial charge in [0.2, 0.25) is 5.78 Å². The summed E-state index contributed by atoms with van der Waals surface area (Å²) in [7, 11) is 2.02. The fourth-order valence-electron chi connectivity index (χ4n) is 2.69. The average molecular weight is 284 g/mol. The number of hydrogen-bond acceptors (Lipinski definition) is 3. The fourth-order valence-corrected chi connectivity index (χ4v) is 2.69. The average Bonchev–Trinajstić information content (AvgIpc) is 2.85. The van der Waals surface area contributed by atoms with Crippen LogP contribution in [0.1, 0.15) is 30.1 Å². The molecule has 0 aliphatic carbocycles. The Morgan fingerprint density at radius 1 is 1.25 bits per heavy atom. The third-order valence-corrected chi connectivity index (χ3v) is 3.83. The first-order valence-corrected chi connectivity index (χ1v) is 6.55. The van der Waals surface area contributed by atoms with Crippen molar-refractivity contribution < 1.29 is 13.2 Å². The van der Waals surface area contributed by atoms with Gasteiger partial charge in [-0.25, -0.2) is 9.97 Å². The molecule has 1 saturated heterocycles. The highest BCUT2D eigenvalue weighted by atomic mass is 19.4. The topological polar surface area (TPSA) is 33.4 Å². The van der Waals surface area contributed by atoms with Gasteiger partial charge in [0.25, 0.3) is 0 Å². The van der Waals surface area contributed by atoms with Gasteiger partial charge in [0, 0.05) is 24.0 Å². The van der Waals surface area contributed by atoms with Gasteiger partial charge in [0.1, 0.15) is 5.69 Å². The number of fused-ring (bicyclic) bond motifs is 1. The van der Waals surface area contributed by atoms with Crippen molar-refractivity contribution in [1.29, 1.82) is 0 Å². The Bertz CT molecular complexity index is 612.